The smallest absolute Gasteiger partial charge is 0.222 e. The van der Waals surface area contributed by atoms with E-state index >= 15 is 0 Å². The molecule has 6 heteroatoms. The number of likely N-dealkylation sites (tertiary alicyclic amines) is 1. The van der Waals surface area contributed by atoms with Crippen molar-refractivity contribution >= 4 is 11.9 Å². The molecule has 0 bridgehead atoms. The van der Waals surface area contributed by atoms with Gasteiger partial charge in [0.1, 0.15) is 0 Å². The average Bonchev–Trinajstić information content (AvgIpc) is 3.07. The van der Waals surface area contributed by atoms with E-state index in [1.807, 2.05) is 11.9 Å². The number of nitrogens with zero attached hydrogens (tertiary/aromatic N) is 2. The molecular formula is C23H34N4O2. The first-order valence-corrected chi connectivity index (χ1v) is 11.1. The third-order valence-corrected chi connectivity index (χ3v) is 6.97. The lowest BCUT2D eigenvalue weighted by Gasteiger charge is -2.61. The van der Waals surface area contributed by atoms with Gasteiger partial charge < -0.3 is 20.3 Å². The summed E-state index contributed by atoms with van der Waals surface area (Å²) >= 11 is 0. The van der Waals surface area contributed by atoms with Crippen LogP contribution in [0.25, 0.3) is 0 Å². The molecule has 0 aromatic heterocycles. The van der Waals surface area contributed by atoms with E-state index in [9.17, 15) is 4.79 Å². The zero-order valence-corrected chi connectivity index (χ0v) is 17.7. The first-order valence-electron chi connectivity index (χ1n) is 11.1. The Kier molecular flexibility index (Phi) is 6.09. The van der Waals surface area contributed by atoms with Crippen LogP contribution >= 0.6 is 0 Å². The summed E-state index contributed by atoms with van der Waals surface area (Å²) in [7, 11) is 1.83. The van der Waals surface area contributed by atoms with Gasteiger partial charge in [-0.15, -0.1) is 0 Å². The van der Waals surface area contributed by atoms with Crippen LogP contribution in [-0.2, 0) is 22.6 Å². The van der Waals surface area contributed by atoms with Crippen molar-refractivity contribution < 1.29 is 9.53 Å². The van der Waals surface area contributed by atoms with E-state index < -0.39 is 0 Å². The topological polar surface area (TPSA) is 66.0 Å². The highest BCUT2D eigenvalue weighted by molar-refractivity contribution is 5.80. The Morgan fingerprint density at radius 2 is 2.14 bits per heavy atom. The molecule has 1 saturated heterocycles. The number of rotatable bonds is 7. The van der Waals surface area contributed by atoms with E-state index in [4.69, 9.17) is 4.74 Å². The molecule has 1 aliphatic heterocycles. The van der Waals surface area contributed by atoms with E-state index in [1.54, 1.807) is 0 Å². The van der Waals surface area contributed by atoms with Gasteiger partial charge in [0, 0.05) is 51.2 Å². The molecule has 2 saturated carbocycles. The van der Waals surface area contributed by atoms with Crippen LogP contribution in [0.3, 0.4) is 0 Å². The molecule has 6 nitrogen and oxygen atoms in total. The molecule has 0 radical (unpaired) electrons. The molecule has 2 atom stereocenters. The van der Waals surface area contributed by atoms with Gasteiger partial charge >= 0.3 is 0 Å². The Hall–Kier alpha value is -2.08. The summed E-state index contributed by atoms with van der Waals surface area (Å²) in [5, 5.41) is 7.10. The van der Waals surface area contributed by atoms with Crippen LogP contribution in [0.5, 0.6) is 0 Å². The molecule has 2 aliphatic carbocycles. The molecule has 1 amide bonds. The highest BCUT2D eigenvalue weighted by atomic mass is 16.5. The zero-order chi connectivity index (χ0) is 20.3. The Morgan fingerprint density at radius 1 is 1.31 bits per heavy atom. The number of ether oxygens (including phenoxy) is 1. The fourth-order valence-electron chi connectivity index (χ4n) is 5.12. The van der Waals surface area contributed by atoms with Gasteiger partial charge in [-0.25, -0.2) is 0 Å². The third kappa shape index (κ3) is 4.13. The normalized spacial score (nSPS) is 25.7. The number of carbonyl (C=O) groups is 1. The van der Waals surface area contributed by atoms with Crippen LogP contribution in [0, 0.1) is 5.41 Å². The van der Waals surface area contributed by atoms with Gasteiger partial charge in [-0.05, 0) is 43.7 Å². The van der Waals surface area contributed by atoms with Gasteiger partial charge in [0.05, 0.1) is 6.10 Å². The third-order valence-electron chi connectivity index (χ3n) is 6.97. The molecule has 3 fully saturated rings. The van der Waals surface area contributed by atoms with Crippen LogP contribution in [0.15, 0.2) is 29.3 Å². The summed E-state index contributed by atoms with van der Waals surface area (Å²) in [5.74, 6) is 1.13. The van der Waals surface area contributed by atoms with Crippen LogP contribution in [0.2, 0.25) is 0 Å². The van der Waals surface area contributed by atoms with Gasteiger partial charge in [0.25, 0.3) is 0 Å². The van der Waals surface area contributed by atoms with Crippen LogP contribution in [0.1, 0.15) is 56.6 Å². The zero-order valence-electron chi connectivity index (χ0n) is 17.7. The summed E-state index contributed by atoms with van der Waals surface area (Å²) in [6.45, 7) is 5.19. The average molecular weight is 399 g/mol. The quantitative estimate of drug-likeness (QED) is 0.548. The van der Waals surface area contributed by atoms with Crippen LogP contribution < -0.4 is 10.6 Å². The Bertz CT molecular complexity index is 759. The van der Waals surface area contributed by atoms with Crippen molar-refractivity contribution in [2.75, 3.05) is 20.2 Å². The number of hydrogen-bond donors (Lipinski definition) is 2. The molecule has 3 aliphatic rings. The first kappa shape index (κ1) is 20.2. The van der Waals surface area contributed by atoms with E-state index in [0.717, 1.165) is 38.5 Å². The van der Waals surface area contributed by atoms with Crippen molar-refractivity contribution in [2.45, 2.75) is 70.7 Å². The van der Waals surface area contributed by atoms with E-state index in [0.29, 0.717) is 30.5 Å². The molecule has 1 heterocycles. The predicted molar refractivity (Wildman–Crippen MR) is 115 cm³/mol. The number of amides is 1. The number of nitrogens with one attached hydrogen (secondary N) is 2. The predicted octanol–water partition coefficient (Wildman–Crippen LogP) is 2.82. The summed E-state index contributed by atoms with van der Waals surface area (Å²) in [4.78, 5) is 18.3. The van der Waals surface area contributed by atoms with E-state index in [2.05, 4.69) is 46.8 Å². The molecule has 1 aromatic rings. The largest absolute Gasteiger partial charge is 0.378 e. The monoisotopic (exact) mass is 398 g/mol. The fourth-order valence-corrected chi connectivity index (χ4v) is 5.12. The van der Waals surface area contributed by atoms with Gasteiger partial charge in [-0.1, -0.05) is 30.7 Å². The number of carbonyl (C=O) groups excluding carboxylic acids is 1. The SMILES string of the molecule is CCOC1CC(NC(=NC)NCc2cccc(CN3CCCC3=O)c2)C12CCC2. The number of hydrogen-bond acceptors (Lipinski definition) is 3. The molecule has 158 valence electrons. The Balaban J connectivity index is 1.30. The maximum Gasteiger partial charge on any atom is 0.222 e. The first-order chi connectivity index (χ1) is 14.1. The number of benzene rings is 1. The second-order valence-electron chi connectivity index (χ2n) is 8.63. The molecular weight excluding hydrogens is 364 g/mol. The summed E-state index contributed by atoms with van der Waals surface area (Å²) < 4.78 is 5.96. The summed E-state index contributed by atoms with van der Waals surface area (Å²) in [6, 6.07) is 8.94. The van der Waals surface area contributed by atoms with Crippen molar-refractivity contribution in [1.82, 2.24) is 15.5 Å². The summed E-state index contributed by atoms with van der Waals surface area (Å²) in [6.07, 6.45) is 6.95. The van der Waals surface area contributed by atoms with Crippen molar-refractivity contribution in [1.29, 1.82) is 0 Å². The van der Waals surface area contributed by atoms with Crippen molar-refractivity contribution in [3.63, 3.8) is 0 Å². The van der Waals surface area contributed by atoms with Crippen molar-refractivity contribution in [3.05, 3.63) is 35.4 Å². The van der Waals surface area contributed by atoms with E-state index in [1.165, 1.54) is 30.4 Å². The summed E-state index contributed by atoms with van der Waals surface area (Å²) in [5.41, 5.74) is 2.71. The molecule has 2 unspecified atom stereocenters. The molecule has 4 rings (SSSR count). The molecule has 29 heavy (non-hydrogen) atoms. The lowest BCUT2D eigenvalue weighted by molar-refractivity contribution is -0.168. The van der Waals surface area contributed by atoms with Crippen LogP contribution in [-0.4, -0.2) is 49.1 Å². The highest BCUT2D eigenvalue weighted by Crippen LogP contribution is 2.57. The van der Waals surface area contributed by atoms with Gasteiger partial charge in [0.2, 0.25) is 5.91 Å². The lowest BCUT2D eigenvalue weighted by Crippen LogP contribution is -2.68. The van der Waals surface area contributed by atoms with Crippen molar-refractivity contribution in [2.24, 2.45) is 10.4 Å². The standard InChI is InChI=1S/C23H34N4O2/c1-3-29-20-14-19(23(20)10-6-11-23)26-22(24-2)25-15-17-7-4-8-18(13-17)16-27-12-5-9-21(27)28/h4,7-8,13,19-20H,3,5-6,9-12,14-16H2,1-2H3,(H2,24,25,26). The maximum atomic E-state index is 11.9. The molecule has 1 aromatic carbocycles. The molecule has 1 spiro atoms. The van der Waals surface area contributed by atoms with Gasteiger partial charge in [-0.2, -0.15) is 0 Å². The van der Waals surface area contributed by atoms with Gasteiger partial charge in [0.15, 0.2) is 5.96 Å². The minimum Gasteiger partial charge on any atom is -0.378 e. The number of aliphatic imine (C=N–C) groups is 1. The van der Waals surface area contributed by atoms with Gasteiger partial charge in [-0.3, -0.25) is 9.79 Å². The van der Waals surface area contributed by atoms with Crippen molar-refractivity contribution in [3.8, 4) is 0 Å². The second kappa shape index (κ2) is 8.74. The van der Waals surface area contributed by atoms with Crippen LogP contribution in [0.4, 0.5) is 0 Å². The fraction of sp³-hybridized carbons (Fsp3) is 0.652. The lowest BCUT2D eigenvalue weighted by atomic mass is 9.51. The minimum absolute atomic E-state index is 0.272. The highest BCUT2D eigenvalue weighted by Gasteiger charge is 2.59. The van der Waals surface area contributed by atoms with E-state index in [-0.39, 0.29) is 5.91 Å². The molecule has 2 N–H and O–H groups in total. The second-order valence-corrected chi connectivity index (χ2v) is 8.63. The Labute approximate surface area is 174 Å². The minimum atomic E-state index is 0.272. The maximum absolute atomic E-state index is 11.9. The Morgan fingerprint density at radius 3 is 2.79 bits per heavy atom. The number of guanidine groups is 1.